The summed E-state index contributed by atoms with van der Waals surface area (Å²) >= 11 is 3.56. The largest absolute Gasteiger partial charge is 0.381 e. The molecule has 4 fully saturated rings. The maximum absolute atomic E-state index is 5.82. The van der Waals surface area contributed by atoms with Crippen molar-refractivity contribution in [3.63, 3.8) is 0 Å². The van der Waals surface area contributed by atoms with Crippen LogP contribution in [-0.4, -0.2) is 13.2 Å². The minimum absolute atomic E-state index is 0.465. The first-order chi connectivity index (χ1) is 9.20. The van der Waals surface area contributed by atoms with Gasteiger partial charge in [0, 0.05) is 11.6 Å². The van der Waals surface area contributed by atoms with Gasteiger partial charge in [-0.15, -0.1) is 0 Å². The maximum Gasteiger partial charge on any atom is 0.0628 e. The zero-order chi connectivity index (χ0) is 13.0. The molecular formula is C17H21BrO. The van der Waals surface area contributed by atoms with Crippen LogP contribution in [0, 0.1) is 17.8 Å². The van der Waals surface area contributed by atoms with Gasteiger partial charge in [0.15, 0.2) is 0 Å². The molecule has 0 amide bonds. The van der Waals surface area contributed by atoms with Crippen molar-refractivity contribution in [2.75, 3.05) is 7.11 Å². The first-order valence-corrected chi connectivity index (χ1v) is 8.28. The Morgan fingerprint density at radius 2 is 1.68 bits per heavy atom. The number of benzene rings is 1. The molecule has 0 heterocycles. The molecule has 0 aliphatic heterocycles. The van der Waals surface area contributed by atoms with Crippen LogP contribution in [0.25, 0.3) is 0 Å². The molecule has 4 saturated carbocycles. The molecule has 3 unspecified atom stereocenters. The lowest BCUT2D eigenvalue weighted by Gasteiger charge is -2.60. The third-order valence-electron chi connectivity index (χ3n) is 5.92. The number of rotatable bonds is 2. The SMILES string of the molecule is COC1[C@@H]2CC3C[C@H]1CC(c1ccc(Br)cc1)(C3)C2. The van der Waals surface area contributed by atoms with E-state index in [1.807, 2.05) is 7.11 Å². The van der Waals surface area contributed by atoms with Crippen LogP contribution < -0.4 is 0 Å². The molecule has 102 valence electrons. The first kappa shape index (κ1) is 12.4. The van der Waals surface area contributed by atoms with Crippen LogP contribution in [0.5, 0.6) is 0 Å². The van der Waals surface area contributed by atoms with Gasteiger partial charge in [0.05, 0.1) is 6.10 Å². The molecule has 2 heteroatoms. The van der Waals surface area contributed by atoms with E-state index in [0.29, 0.717) is 11.5 Å². The maximum atomic E-state index is 5.82. The molecule has 0 spiro atoms. The Kier molecular flexibility index (Phi) is 2.82. The van der Waals surface area contributed by atoms with Crippen molar-refractivity contribution in [3.05, 3.63) is 34.3 Å². The number of hydrogen-bond acceptors (Lipinski definition) is 1. The van der Waals surface area contributed by atoms with Crippen molar-refractivity contribution in [2.24, 2.45) is 17.8 Å². The Morgan fingerprint density at radius 1 is 1.05 bits per heavy atom. The zero-order valence-electron chi connectivity index (χ0n) is 11.4. The van der Waals surface area contributed by atoms with Crippen LogP contribution in [0.3, 0.4) is 0 Å². The van der Waals surface area contributed by atoms with Crippen molar-refractivity contribution >= 4 is 15.9 Å². The fourth-order valence-electron chi connectivity index (χ4n) is 5.52. The van der Waals surface area contributed by atoms with Crippen LogP contribution in [0.15, 0.2) is 28.7 Å². The van der Waals surface area contributed by atoms with Crippen LogP contribution in [0.2, 0.25) is 0 Å². The summed E-state index contributed by atoms with van der Waals surface area (Å²) in [6, 6.07) is 9.11. The summed E-state index contributed by atoms with van der Waals surface area (Å²) in [6.45, 7) is 0. The summed E-state index contributed by atoms with van der Waals surface area (Å²) in [4.78, 5) is 0. The van der Waals surface area contributed by atoms with Gasteiger partial charge in [0.1, 0.15) is 0 Å². The van der Waals surface area contributed by atoms with Crippen LogP contribution >= 0.6 is 15.9 Å². The second kappa shape index (κ2) is 4.33. The topological polar surface area (TPSA) is 9.23 Å². The molecule has 4 aliphatic carbocycles. The van der Waals surface area contributed by atoms with E-state index in [2.05, 4.69) is 40.2 Å². The second-order valence-corrected chi connectivity index (χ2v) is 7.87. The number of methoxy groups -OCH3 is 1. The summed E-state index contributed by atoms with van der Waals surface area (Å²) in [6.07, 6.45) is 7.47. The average molecular weight is 321 g/mol. The molecule has 0 radical (unpaired) electrons. The summed E-state index contributed by atoms with van der Waals surface area (Å²) in [5.41, 5.74) is 2.04. The summed E-state index contributed by atoms with van der Waals surface area (Å²) in [5, 5.41) is 0. The standard InChI is InChI=1S/C17H21BrO/c1-19-16-12-6-11-7-13(16)10-17(8-11,9-12)14-2-4-15(18)5-3-14/h2-5,11-13,16H,6-10H2,1H3/t11?,12-,13+,16?,17?. The Hall–Kier alpha value is -0.340. The van der Waals surface area contributed by atoms with Gasteiger partial charge < -0.3 is 4.74 Å². The molecule has 1 nitrogen and oxygen atoms in total. The van der Waals surface area contributed by atoms with E-state index in [1.165, 1.54) is 36.6 Å². The second-order valence-electron chi connectivity index (χ2n) is 6.96. The fourth-order valence-corrected chi connectivity index (χ4v) is 5.78. The quantitative estimate of drug-likeness (QED) is 0.777. The van der Waals surface area contributed by atoms with Gasteiger partial charge in [-0.2, -0.15) is 0 Å². The van der Waals surface area contributed by atoms with Gasteiger partial charge in [-0.3, -0.25) is 0 Å². The number of hydrogen-bond donors (Lipinski definition) is 0. The molecule has 4 bridgehead atoms. The van der Waals surface area contributed by atoms with Crippen molar-refractivity contribution < 1.29 is 4.74 Å². The predicted octanol–water partition coefficient (Wildman–Crippen LogP) is 4.54. The highest BCUT2D eigenvalue weighted by Gasteiger charge is 2.55. The molecule has 0 N–H and O–H groups in total. The Labute approximate surface area is 123 Å². The van der Waals surface area contributed by atoms with Crippen molar-refractivity contribution in [2.45, 2.75) is 43.6 Å². The van der Waals surface area contributed by atoms with Gasteiger partial charge >= 0.3 is 0 Å². The highest BCUT2D eigenvalue weighted by atomic mass is 79.9. The Morgan fingerprint density at radius 3 is 2.26 bits per heavy atom. The fraction of sp³-hybridized carbons (Fsp3) is 0.647. The summed E-state index contributed by atoms with van der Waals surface area (Å²) < 4.78 is 7.01. The highest BCUT2D eigenvalue weighted by Crippen LogP contribution is 2.61. The van der Waals surface area contributed by atoms with E-state index in [0.717, 1.165) is 17.8 Å². The van der Waals surface area contributed by atoms with E-state index in [4.69, 9.17) is 4.74 Å². The molecule has 1 aromatic rings. The van der Waals surface area contributed by atoms with E-state index in [9.17, 15) is 0 Å². The lowest BCUT2D eigenvalue weighted by molar-refractivity contribution is -0.122. The van der Waals surface area contributed by atoms with E-state index >= 15 is 0 Å². The van der Waals surface area contributed by atoms with Crippen LogP contribution in [-0.2, 0) is 10.2 Å². The van der Waals surface area contributed by atoms with E-state index in [1.54, 1.807) is 5.56 Å². The molecule has 0 saturated heterocycles. The number of ether oxygens (including phenoxy) is 1. The molecular weight excluding hydrogens is 300 g/mol. The van der Waals surface area contributed by atoms with Gasteiger partial charge in [0.25, 0.3) is 0 Å². The van der Waals surface area contributed by atoms with Crippen LogP contribution in [0.4, 0.5) is 0 Å². The normalized spacial score (nSPS) is 43.7. The first-order valence-electron chi connectivity index (χ1n) is 7.49. The zero-order valence-corrected chi connectivity index (χ0v) is 13.0. The van der Waals surface area contributed by atoms with Gasteiger partial charge in [-0.05, 0) is 73.0 Å². The monoisotopic (exact) mass is 320 g/mol. The molecule has 5 atom stereocenters. The molecule has 4 aliphatic rings. The van der Waals surface area contributed by atoms with Crippen molar-refractivity contribution in [1.82, 2.24) is 0 Å². The third-order valence-corrected chi connectivity index (χ3v) is 6.44. The third kappa shape index (κ3) is 1.83. The van der Waals surface area contributed by atoms with E-state index in [-0.39, 0.29) is 0 Å². The van der Waals surface area contributed by atoms with Crippen molar-refractivity contribution in [3.8, 4) is 0 Å². The Balaban J connectivity index is 1.71. The van der Waals surface area contributed by atoms with Crippen molar-refractivity contribution in [1.29, 1.82) is 0 Å². The van der Waals surface area contributed by atoms with Gasteiger partial charge in [-0.25, -0.2) is 0 Å². The lowest BCUT2D eigenvalue weighted by Crippen LogP contribution is -2.55. The lowest BCUT2D eigenvalue weighted by atomic mass is 9.47. The molecule has 5 rings (SSSR count). The molecule has 0 aromatic heterocycles. The van der Waals surface area contributed by atoms with Gasteiger partial charge in [-0.1, -0.05) is 28.1 Å². The van der Waals surface area contributed by atoms with Crippen LogP contribution in [0.1, 0.15) is 37.7 Å². The summed E-state index contributed by atoms with van der Waals surface area (Å²) in [5.74, 6) is 2.56. The van der Waals surface area contributed by atoms with Gasteiger partial charge in [0.2, 0.25) is 0 Å². The predicted molar refractivity (Wildman–Crippen MR) is 80.2 cm³/mol. The minimum Gasteiger partial charge on any atom is -0.381 e. The summed E-state index contributed by atoms with van der Waals surface area (Å²) in [7, 11) is 1.92. The Bertz CT molecular complexity index is 465. The molecule has 19 heavy (non-hydrogen) atoms. The van der Waals surface area contributed by atoms with E-state index < -0.39 is 0 Å². The average Bonchev–Trinajstić information content (AvgIpc) is 2.38. The highest BCUT2D eigenvalue weighted by molar-refractivity contribution is 9.10. The minimum atomic E-state index is 0.465. The molecule has 1 aromatic carbocycles. The smallest absolute Gasteiger partial charge is 0.0628 e. The number of halogens is 1.